The highest BCUT2D eigenvalue weighted by Gasteiger charge is 2.11. The van der Waals surface area contributed by atoms with Gasteiger partial charge in [-0.25, -0.2) is 0 Å². The van der Waals surface area contributed by atoms with E-state index in [0.717, 1.165) is 16.8 Å². The molecule has 108 valence electrons. The lowest BCUT2D eigenvalue weighted by molar-refractivity contribution is 1.27. The van der Waals surface area contributed by atoms with E-state index in [0.29, 0.717) is 0 Å². The van der Waals surface area contributed by atoms with Crippen molar-refractivity contribution in [2.75, 3.05) is 0 Å². The standard InChI is InChI=1S/C20H23N/c1-7-21-20-12-13(2)8-9-18(20)17(6)19-11-14(3)10-15(4)16(19)5/h7-12H,6H2,1-5H3. The highest BCUT2D eigenvalue weighted by molar-refractivity contribution is 5.86. The summed E-state index contributed by atoms with van der Waals surface area (Å²) in [6.07, 6.45) is 1.83. The van der Waals surface area contributed by atoms with E-state index < -0.39 is 0 Å². The first-order chi connectivity index (χ1) is 9.93. The quantitative estimate of drug-likeness (QED) is 0.638. The first-order valence-corrected chi connectivity index (χ1v) is 7.31. The van der Waals surface area contributed by atoms with Crippen molar-refractivity contribution >= 4 is 17.5 Å². The second kappa shape index (κ2) is 6.09. The van der Waals surface area contributed by atoms with Crippen molar-refractivity contribution < 1.29 is 0 Å². The minimum atomic E-state index is 0.987. The summed E-state index contributed by atoms with van der Waals surface area (Å²) in [6.45, 7) is 14.8. The fourth-order valence-electron chi connectivity index (χ4n) is 2.64. The van der Waals surface area contributed by atoms with Crippen LogP contribution in [0.15, 0.2) is 41.9 Å². The van der Waals surface area contributed by atoms with E-state index in [1.54, 1.807) is 0 Å². The number of benzene rings is 2. The number of hydrogen-bond donors (Lipinski definition) is 0. The maximum atomic E-state index is 4.50. The molecule has 0 saturated carbocycles. The molecule has 2 aromatic rings. The summed E-state index contributed by atoms with van der Waals surface area (Å²) >= 11 is 0. The average molecular weight is 277 g/mol. The van der Waals surface area contributed by atoms with E-state index >= 15 is 0 Å². The third kappa shape index (κ3) is 3.13. The van der Waals surface area contributed by atoms with Gasteiger partial charge in [0.25, 0.3) is 0 Å². The maximum absolute atomic E-state index is 4.50. The average Bonchev–Trinajstić information content (AvgIpc) is 2.43. The van der Waals surface area contributed by atoms with E-state index in [4.69, 9.17) is 0 Å². The van der Waals surface area contributed by atoms with Crippen LogP contribution in [0.4, 0.5) is 5.69 Å². The fraction of sp³-hybridized carbons (Fsp3) is 0.250. The van der Waals surface area contributed by atoms with Crippen LogP contribution in [-0.2, 0) is 0 Å². The van der Waals surface area contributed by atoms with Crippen LogP contribution in [-0.4, -0.2) is 6.21 Å². The van der Waals surface area contributed by atoms with Gasteiger partial charge in [-0.05, 0) is 68.5 Å². The van der Waals surface area contributed by atoms with Crippen LogP contribution in [0, 0.1) is 27.7 Å². The van der Waals surface area contributed by atoms with Gasteiger partial charge in [-0.2, -0.15) is 0 Å². The zero-order valence-electron chi connectivity index (χ0n) is 13.6. The predicted molar refractivity (Wildman–Crippen MR) is 93.8 cm³/mol. The first kappa shape index (κ1) is 15.2. The highest BCUT2D eigenvalue weighted by atomic mass is 14.7. The molecule has 0 aliphatic carbocycles. The molecule has 0 bridgehead atoms. The molecule has 2 aromatic carbocycles. The van der Waals surface area contributed by atoms with Crippen molar-refractivity contribution in [2.45, 2.75) is 34.6 Å². The van der Waals surface area contributed by atoms with Crippen LogP contribution in [0.2, 0.25) is 0 Å². The molecule has 0 heterocycles. The molecule has 0 fully saturated rings. The molecule has 0 aromatic heterocycles. The summed E-state index contributed by atoms with van der Waals surface area (Å²) in [5, 5.41) is 0. The zero-order chi connectivity index (χ0) is 15.6. The number of rotatable bonds is 3. The molecule has 0 aliphatic rings. The Morgan fingerprint density at radius 2 is 1.67 bits per heavy atom. The van der Waals surface area contributed by atoms with Crippen molar-refractivity contribution in [2.24, 2.45) is 4.99 Å². The van der Waals surface area contributed by atoms with Crippen molar-refractivity contribution in [3.8, 4) is 0 Å². The Hall–Kier alpha value is -2.15. The monoisotopic (exact) mass is 277 g/mol. The van der Waals surface area contributed by atoms with Crippen molar-refractivity contribution in [3.63, 3.8) is 0 Å². The van der Waals surface area contributed by atoms with E-state index in [2.05, 4.69) is 69.6 Å². The van der Waals surface area contributed by atoms with E-state index in [9.17, 15) is 0 Å². The fourth-order valence-corrected chi connectivity index (χ4v) is 2.64. The summed E-state index contributed by atoms with van der Waals surface area (Å²) in [4.78, 5) is 4.50. The van der Waals surface area contributed by atoms with Crippen LogP contribution in [0.1, 0.15) is 40.3 Å². The second-order valence-corrected chi connectivity index (χ2v) is 5.64. The van der Waals surface area contributed by atoms with Gasteiger partial charge in [-0.15, -0.1) is 0 Å². The molecule has 0 amide bonds. The lowest BCUT2D eigenvalue weighted by atomic mass is 9.90. The highest BCUT2D eigenvalue weighted by Crippen LogP contribution is 2.33. The lowest BCUT2D eigenvalue weighted by Gasteiger charge is -2.15. The van der Waals surface area contributed by atoms with E-state index in [1.807, 2.05) is 13.1 Å². The van der Waals surface area contributed by atoms with Gasteiger partial charge in [0.15, 0.2) is 0 Å². The van der Waals surface area contributed by atoms with E-state index in [-0.39, 0.29) is 0 Å². The van der Waals surface area contributed by atoms with Crippen LogP contribution in [0.25, 0.3) is 5.57 Å². The van der Waals surface area contributed by atoms with Crippen LogP contribution >= 0.6 is 0 Å². The zero-order valence-corrected chi connectivity index (χ0v) is 13.6. The molecule has 21 heavy (non-hydrogen) atoms. The largest absolute Gasteiger partial charge is 0.261 e. The van der Waals surface area contributed by atoms with Crippen molar-refractivity contribution in [3.05, 3.63) is 70.3 Å². The van der Waals surface area contributed by atoms with Gasteiger partial charge in [0.05, 0.1) is 5.69 Å². The van der Waals surface area contributed by atoms with Gasteiger partial charge in [-0.1, -0.05) is 36.4 Å². The Kier molecular flexibility index (Phi) is 4.42. The normalized spacial score (nSPS) is 11.1. The Morgan fingerprint density at radius 1 is 0.952 bits per heavy atom. The maximum Gasteiger partial charge on any atom is 0.0706 e. The number of nitrogens with zero attached hydrogens (tertiary/aromatic N) is 1. The van der Waals surface area contributed by atoms with Gasteiger partial charge in [0.1, 0.15) is 0 Å². The topological polar surface area (TPSA) is 12.4 Å². The molecule has 0 radical (unpaired) electrons. The number of hydrogen-bond acceptors (Lipinski definition) is 1. The van der Waals surface area contributed by atoms with Gasteiger partial charge >= 0.3 is 0 Å². The number of aryl methyl sites for hydroxylation is 3. The lowest BCUT2D eigenvalue weighted by Crippen LogP contribution is -1.95. The molecule has 0 saturated heterocycles. The van der Waals surface area contributed by atoms with Crippen molar-refractivity contribution in [1.82, 2.24) is 0 Å². The molecule has 2 rings (SSSR count). The summed E-state index contributed by atoms with van der Waals surface area (Å²) in [7, 11) is 0. The van der Waals surface area contributed by atoms with Gasteiger partial charge in [0, 0.05) is 11.8 Å². The van der Waals surface area contributed by atoms with Gasteiger partial charge in [0.2, 0.25) is 0 Å². The molecular weight excluding hydrogens is 254 g/mol. The third-order valence-electron chi connectivity index (χ3n) is 3.88. The summed E-state index contributed by atoms with van der Waals surface area (Å²) in [5.41, 5.74) is 9.42. The molecular formula is C20H23N. The molecule has 0 atom stereocenters. The molecule has 0 unspecified atom stereocenters. The van der Waals surface area contributed by atoms with Gasteiger partial charge in [-0.3, -0.25) is 4.99 Å². The molecule has 0 aliphatic heterocycles. The first-order valence-electron chi connectivity index (χ1n) is 7.31. The van der Waals surface area contributed by atoms with Crippen LogP contribution in [0.5, 0.6) is 0 Å². The molecule has 0 N–H and O–H groups in total. The smallest absolute Gasteiger partial charge is 0.0706 e. The number of aliphatic imine (C=N–C) groups is 1. The minimum absolute atomic E-state index is 0.987. The van der Waals surface area contributed by atoms with E-state index in [1.165, 1.54) is 27.8 Å². The summed E-state index contributed by atoms with van der Waals surface area (Å²) < 4.78 is 0. The predicted octanol–water partition coefficient (Wildman–Crippen LogP) is 5.70. The van der Waals surface area contributed by atoms with Gasteiger partial charge < -0.3 is 0 Å². The second-order valence-electron chi connectivity index (χ2n) is 5.64. The Bertz CT molecular complexity index is 721. The Morgan fingerprint density at radius 3 is 2.33 bits per heavy atom. The van der Waals surface area contributed by atoms with Crippen molar-refractivity contribution in [1.29, 1.82) is 0 Å². The van der Waals surface area contributed by atoms with Crippen LogP contribution < -0.4 is 0 Å². The molecule has 0 spiro atoms. The third-order valence-corrected chi connectivity index (χ3v) is 3.88. The molecule has 1 heteroatoms. The Balaban J connectivity index is 2.60. The Labute approximate surface area is 128 Å². The molecule has 1 nitrogen and oxygen atoms in total. The SMILES string of the molecule is C=C(c1ccc(C)cc1N=CC)c1cc(C)cc(C)c1C. The summed E-state index contributed by atoms with van der Waals surface area (Å²) in [5.74, 6) is 0. The summed E-state index contributed by atoms with van der Waals surface area (Å²) in [6, 6.07) is 10.8. The van der Waals surface area contributed by atoms with Crippen LogP contribution in [0.3, 0.4) is 0 Å². The minimum Gasteiger partial charge on any atom is -0.261 e.